The zero-order chi connectivity index (χ0) is 15.8. The Kier molecular flexibility index (Phi) is 3.77. The number of benzene rings is 1. The third-order valence-electron chi connectivity index (χ3n) is 2.87. The van der Waals surface area contributed by atoms with Crippen LogP contribution in [0.5, 0.6) is 0 Å². The third kappa shape index (κ3) is 3.07. The monoisotopic (exact) mass is 315 g/mol. The molecule has 1 unspecified atom stereocenters. The van der Waals surface area contributed by atoms with Gasteiger partial charge in [0.1, 0.15) is 0 Å². The lowest BCUT2D eigenvalue weighted by molar-refractivity contribution is -0.173. The zero-order valence-electron chi connectivity index (χ0n) is 10.8. The van der Waals surface area contributed by atoms with Gasteiger partial charge >= 0.3 is 16.2 Å². The molecule has 0 bridgehead atoms. The summed E-state index contributed by atoms with van der Waals surface area (Å²) in [6.07, 6.45) is -0.0505. The lowest BCUT2D eigenvalue weighted by Crippen LogP contribution is -2.33. The van der Waals surface area contributed by atoms with Crippen molar-refractivity contribution in [3.8, 4) is 0 Å². The summed E-state index contributed by atoms with van der Waals surface area (Å²) in [6, 6.07) is 3.79. The minimum Gasteiger partial charge on any atom is -0.325 e. The zero-order valence-corrected chi connectivity index (χ0v) is 11.6. The molecule has 112 valence electrons. The Bertz CT molecular complexity index is 712. The van der Waals surface area contributed by atoms with Crippen molar-refractivity contribution in [2.45, 2.75) is 18.2 Å². The highest BCUT2D eigenvalue weighted by molar-refractivity contribution is 7.86. The molecule has 0 radical (unpaired) electrons. The predicted octanol–water partition coefficient (Wildman–Crippen LogP) is 0.812. The number of halogens is 1. The Balaban J connectivity index is 2.14. The van der Waals surface area contributed by atoms with Gasteiger partial charge in [0.05, 0.1) is 10.5 Å². The molecule has 9 heteroatoms. The molecule has 0 saturated carbocycles. The van der Waals surface area contributed by atoms with Crippen LogP contribution in [-0.4, -0.2) is 31.3 Å². The molecule has 1 aromatic rings. The van der Waals surface area contributed by atoms with Crippen LogP contribution in [0.15, 0.2) is 29.2 Å². The second-order valence-corrected chi connectivity index (χ2v) is 5.82. The number of carbonyl (C=O) groups excluding carboxylic acids is 3. The SMILES string of the molecule is CC1CC(=O)N(OC(=O)c2ccc(S(=O)(=O)F)cc2)C1=O. The van der Waals surface area contributed by atoms with Crippen LogP contribution in [0.3, 0.4) is 0 Å². The maximum absolute atomic E-state index is 12.7. The van der Waals surface area contributed by atoms with Gasteiger partial charge in [0, 0.05) is 12.3 Å². The first-order chi connectivity index (χ1) is 9.70. The van der Waals surface area contributed by atoms with Crippen LogP contribution in [0.4, 0.5) is 3.89 Å². The fourth-order valence-corrected chi connectivity index (χ4v) is 2.20. The van der Waals surface area contributed by atoms with Crippen molar-refractivity contribution in [2.75, 3.05) is 0 Å². The van der Waals surface area contributed by atoms with Crippen LogP contribution in [0, 0.1) is 5.92 Å². The summed E-state index contributed by atoms with van der Waals surface area (Å²) in [5, 5.41) is 0.382. The van der Waals surface area contributed by atoms with Gasteiger partial charge in [-0.1, -0.05) is 6.92 Å². The van der Waals surface area contributed by atoms with E-state index in [1.165, 1.54) is 6.92 Å². The Morgan fingerprint density at radius 1 is 1.29 bits per heavy atom. The predicted molar refractivity (Wildman–Crippen MR) is 65.8 cm³/mol. The van der Waals surface area contributed by atoms with Gasteiger partial charge in [0.25, 0.3) is 11.8 Å². The fourth-order valence-electron chi connectivity index (χ4n) is 1.74. The molecule has 7 nitrogen and oxygen atoms in total. The average molecular weight is 315 g/mol. The van der Waals surface area contributed by atoms with Crippen LogP contribution in [0.1, 0.15) is 23.7 Å². The Labute approximate surface area is 119 Å². The maximum atomic E-state index is 12.7. The van der Waals surface area contributed by atoms with Gasteiger partial charge < -0.3 is 4.84 Å². The van der Waals surface area contributed by atoms with Gasteiger partial charge in [0.15, 0.2) is 0 Å². The summed E-state index contributed by atoms with van der Waals surface area (Å²) < 4.78 is 34.0. The molecule has 0 spiro atoms. The Morgan fingerprint density at radius 3 is 2.29 bits per heavy atom. The smallest absolute Gasteiger partial charge is 0.325 e. The summed E-state index contributed by atoms with van der Waals surface area (Å²) in [6.45, 7) is 1.52. The second kappa shape index (κ2) is 5.24. The Morgan fingerprint density at radius 2 is 1.86 bits per heavy atom. The fraction of sp³-hybridized carbons (Fsp3) is 0.250. The number of amides is 2. The molecule has 1 aliphatic rings. The van der Waals surface area contributed by atoms with E-state index in [1.54, 1.807) is 0 Å². The summed E-state index contributed by atoms with van der Waals surface area (Å²) in [4.78, 5) is 38.8. The van der Waals surface area contributed by atoms with E-state index in [4.69, 9.17) is 0 Å². The van der Waals surface area contributed by atoms with Crippen molar-refractivity contribution in [3.05, 3.63) is 29.8 Å². The van der Waals surface area contributed by atoms with Crippen LogP contribution in [-0.2, 0) is 24.6 Å². The van der Waals surface area contributed by atoms with E-state index in [9.17, 15) is 26.7 Å². The molecule has 1 aromatic carbocycles. The lowest BCUT2D eigenvalue weighted by atomic mass is 10.1. The minimum atomic E-state index is -4.86. The van der Waals surface area contributed by atoms with Crippen LogP contribution < -0.4 is 0 Å². The van der Waals surface area contributed by atoms with Gasteiger partial charge in [-0.3, -0.25) is 9.59 Å². The van der Waals surface area contributed by atoms with E-state index >= 15 is 0 Å². The Hall–Kier alpha value is -2.29. The molecule has 0 N–H and O–H groups in total. The molecule has 0 aromatic heterocycles. The first-order valence-electron chi connectivity index (χ1n) is 5.84. The third-order valence-corrected chi connectivity index (χ3v) is 3.71. The van der Waals surface area contributed by atoms with Crippen molar-refractivity contribution >= 4 is 28.0 Å². The molecular weight excluding hydrogens is 305 g/mol. The number of nitrogens with zero attached hydrogens (tertiary/aromatic N) is 1. The molecular formula is C12H10FNO6S. The molecule has 2 amide bonds. The highest BCUT2D eigenvalue weighted by atomic mass is 32.3. The number of hydrogen-bond acceptors (Lipinski definition) is 6. The molecule has 1 atom stereocenters. The first-order valence-corrected chi connectivity index (χ1v) is 7.22. The quantitative estimate of drug-likeness (QED) is 0.605. The van der Waals surface area contributed by atoms with Crippen molar-refractivity contribution in [1.82, 2.24) is 5.06 Å². The van der Waals surface area contributed by atoms with Crippen LogP contribution >= 0.6 is 0 Å². The van der Waals surface area contributed by atoms with Crippen molar-refractivity contribution in [3.63, 3.8) is 0 Å². The highest BCUT2D eigenvalue weighted by Gasteiger charge is 2.39. The average Bonchev–Trinajstić information content (AvgIpc) is 2.64. The van der Waals surface area contributed by atoms with E-state index in [0.29, 0.717) is 5.06 Å². The number of hydroxylamine groups is 2. The first kappa shape index (κ1) is 15.1. The standard InChI is InChI=1S/C12H10FNO6S/c1-7-6-10(15)14(11(7)16)20-12(17)8-2-4-9(5-3-8)21(13,18)19/h2-5,7H,6H2,1H3. The summed E-state index contributed by atoms with van der Waals surface area (Å²) >= 11 is 0. The second-order valence-electron chi connectivity index (χ2n) is 4.47. The minimum absolute atomic E-state index is 0.0505. The largest absolute Gasteiger partial charge is 0.363 e. The number of imide groups is 1. The topological polar surface area (TPSA) is 97.8 Å². The number of hydrogen-bond donors (Lipinski definition) is 0. The van der Waals surface area contributed by atoms with Crippen LogP contribution in [0.25, 0.3) is 0 Å². The van der Waals surface area contributed by atoms with Gasteiger partial charge in [-0.15, -0.1) is 8.95 Å². The van der Waals surface area contributed by atoms with Gasteiger partial charge in [-0.2, -0.15) is 8.42 Å². The summed E-state index contributed by atoms with van der Waals surface area (Å²) in [7, 11) is -4.86. The summed E-state index contributed by atoms with van der Waals surface area (Å²) in [5.74, 6) is -2.85. The van der Waals surface area contributed by atoms with E-state index in [2.05, 4.69) is 4.84 Å². The van der Waals surface area contributed by atoms with Crippen molar-refractivity contribution < 1.29 is 31.5 Å². The van der Waals surface area contributed by atoms with E-state index in [1.807, 2.05) is 0 Å². The van der Waals surface area contributed by atoms with Crippen molar-refractivity contribution in [1.29, 1.82) is 0 Å². The normalized spacial score (nSPS) is 19.0. The van der Waals surface area contributed by atoms with E-state index in [-0.39, 0.29) is 12.0 Å². The highest BCUT2D eigenvalue weighted by Crippen LogP contribution is 2.20. The maximum Gasteiger partial charge on any atom is 0.363 e. The molecule has 0 aliphatic carbocycles. The van der Waals surface area contributed by atoms with Gasteiger partial charge in [-0.05, 0) is 24.3 Å². The number of carbonyl (C=O) groups is 3. The number of rotatable bonds is 3. The lowest BCUT2D eigenvalue weighted by Gasteiger charge is -2.13. The molecule has 1 aliphatic heterocycles. The molecule has 1 heterocycles. The van der Waals surface area contributed by atoms with Gasteiger partial charge in [0.2, 0.25) is 0 Å². The van der Waals surface area contributed by atoms with E-state index < -0.39 is 38.8 Å². The van der Waals surface area contributed by atoms with E-state index in [0.717, 1.165) is 24.3 Å². The molecule has 2 rings (SSSR count). The van der Waals surface area contributed by atoms with Gasteiger partial charge in [-0.25, -0.2) is 4.79 Å². The molecule has 1 fully saturated rings. The summed E-state index contributed by atoms with van der Waals surface area (Å²) in [5.41, 5.74) is -0.123. The van der Waals surface area contributed by atoms with Crippen molar-refractivity contribution in [2.24, 2.45) is 5.92 Å². The van der Waals surface area contributed by atoms with Crippen LogP contribution in [0.2, 0.25) is 0 Å². The molecule has 21 heavy (non-hydrogen) atoms. The molecule has 1 saturated heterocycles.